The molecule has 8 heteroatoms. The van der Waals surface area contributed by atoms with Crippen LogP contribution in [-0.2, 0) is 0 Å². The minimum atomic E-state index is -0.592. The lowest BCUT2D eigenvalue weighted by molar-refractivity contribution is -0.384. The first kappa shape index (κ1) is 12.1. The Morgan fingerprint density at radius 1 is 1.50 bits per heavy atom. The van der Waals surface area contributed by atoms with Gasteiger partial charge in [0.2, 0.25) is 0 Å². The Balaban J connectivity index is 2.14. The van der Waals surface area contributed by atoms with Gasteiger partial charge in [0.05, 0.1) is 11.1 Å². The molecule has 0 saturated heterocycles. The standard InChI is InChI=1S/C10H7ClN4O3/c11-8-2-1-3-9(13-8)14-10(16)7-4-6(5-12-7)15(17)18/h1-5,12H,(H,13,14,16). The van der Waals surface area contributed by atoms with E-state index in [1.807, 2.05) is 0 Å². The molecule has 2 aromatic rings. The highest BCUT2D eigenvalue weighted by molar-refractivity contribution is 6.29. The van der Waals surface area contributed by atoms with Crippen LogP contribution in [0.3, 0.4) is 0 Å². The van der Waals surface area contributed by atoms with Gasteiger partial charge in [0.25, 0.3) is 11.6 Å². The highest BCUT2D eigenvalue weighted by Crippen LogP contribution is 2.14. The lowest BCUT2D eigenvalue weighted by Crippen LogP contribution is -2.13. The Morgan fingerprint density at radius 2 is 2.28 bits per heavy atom. The summed E-state index contributed by atoms with van der Waals surface area (Å²) < 4.78 is 0. The lowest BCUT2D eigenvalue weighted by atomic mass is 10.4. The highest BCUT2D eigenvalue weighted by atomic mass is 35.5. The Morgan fingerprint density at radius 3 is 2.89 bits per heavy atom. The largest absolute Gasteiger partial charge is 0.351 e. The molecule has 7 nitrogen and oxygen atoms in total. The maximum atomic E-state index is 11.7. The normalized spacial score (nSPS) is 10.1. The number of aromatic nitrogens is 2. The summed E-state index contributed by atoms with van der Waals surface area (Å²) >= 11 is 5.66. The molecule has 0 radical (unpaired) electrons. The van der Waals surface area contributed by atoms with Gasteiger partial charge < -0.3 is 10.3 Å². The van der Waals surface area contributed by atoms with E-state index in [0.717, 1.165) is 12.3 Å². The fraction of sp³-hybridized carbons (Fsp3) is 0. The Hall–Kier alpha value is -2.41. The molecule has 0 bridgehead atoms. The number of anilines is 1. The number of nitrogens with zero attached hydrogens (tertiary/aromatic N) is 2. The molecule has 0 aromatic carbocycles. The Labute approximate surface area is 106 Å². The first-order chi connectivity index (χ1) is 8.56. The fourth-order valence-corrected chi connectivity index (χ4v) is 1.44. The maximum absolute atomic E-state index is 11.7. The number of pyridine rings is 1. The van der Waals surface area contributed by atoms with Crippen LogP contribution in [0.2, 0.25) is 5.15 Å². The molecule has 92 valence electrons. The van der Waals surface area contributed by atoms with Gasteiger partial charge in [0, 0.05) is 6.07 Å². The van der Waals surface area contributed by atoms with Crippen LogP contribution >= 0.6 is 11.6 Å². The van der Waals surface area contributed by atoms with Gasteiger partial charge in [-0.05, 0) is 12.1 Å². The van der Waals surface area contributed by atoms with Crippen molar-refractivity contribution in [3.8, 4) is 0 Å². The number of nitro groups is 1. The molecule has 2 rings (SSSR count). The molecule has 0 aliphatic rings. The second kappa shape index (κ2) is 4.84. The average Bonchev–Trinajstić information content (AvgIpc) is 2.78. The monoisotopic (exact) mass is 266 g/mol. The summed E-state index contributed by atoms with van der Waals surface area (Å²) in [7, 11) is 0. The van der Waals surface area contributed by atoms with Crippen LogP contribution in [0.4, 0.5) is 11.5 Å². The third-order valence-electron chi connectivity index (χ3n) is 2.08. The van der Waals surface area contributed by atoms with Crippen molar-refractivity contribution < 1.29 is 9.72 Å². The van der Waals surface area contributed by atoms with Crippen molar-refractivity contribution in [2.24, 2.45) is 0 Å². The number of carbonyl (C=O) groups excluding carboxylic acids is 1. The highest BCUT2D eigenvalue weighted by Gasteiger charge is 2.14. The van der Waals surface area contributed by atoms with E-state index in [0.29, 0.717) is 0 Å². The molecule has 0 saturated carbocycles. The summed E-state index contributed by atoms with van der Waals surface area (Å²) in [6, 6.07) is 5.89. The molecule has 2 heterocycles. The maximum Gasteiger partial charge on any atom is 0.287 e. The van der Waals surface area contributed by atoms with Crippen LogP contribution in [0.5, 0.6) is 0 Å². The fourth-order valence-electron chi connectivity index (χ4n) is 1.28. The molecule has 0 aliphatic carbocycles. The van der Waals surface area contributed by atoms with Gasteiger partial charge in [-0.2, -0.15) is 0 Å². The molecule has 0 atom stereocenters. The predicted molar refractivity (Wildman–Crippen MR) is 64.6 cm³/mol. The second-order valence-corrected chi connectivity index (χ2v) is 3.72. The van der Waals surface area contributed by atoms with E-state index in [4.69, 9.17) is 11.6 Å². The number of hydrogen-bond acceptors (Lipinski definition) is 4. The number of hydrogen-bond donors (Lipinski definition) is 2. The quantitative estimate of drug-likeness (QED) is 0.505. The van der Waals surface area contributed by atoms with Gasteiger partial charge in [0.15, 0.2) is 0 Å². The number of nitrogens with one attached hydrogen (secondary N) is 2. The number of aromatic amines is 1. The topological polar surface area (TPSA) is 101 Å². The van der Waals surface area contributed by atoms with E-state index >= 15 is 0 Å². The van der Waals surface area contributed by atoms with Crippen LogP contribution < -0.4 is 5.32 Å². The number of H-pyrrole nitrogens is 1. The molecule has 2 aromatic heterocycles. The molecule has 18 heavy (non-hydrogen) atoms. The van der Waals surface area contributed by atoms with Gasteiger partial charge in [-0.1, -0.05) is 17.7 Å². The summed E-state index contributed by atoms with van der Waals surface area (Å²) in [5.74, 6) is -0.261. The molecular formula is C10H7ClN4O3. The van der Waals surface area contributed by atoms with Gasteiger partial charge in [-0.15, -0.1) is 0 Å². The smallest absolute Gasteiger partial charge is 0.287 e. The third-order valence-corrected chi connectivity index (χ3v) is 2.29. The molecular weight excluding hydrogens is 260 g/mol. The molecule has 0 spiro atoms. The molecule has 0 fully saturated rings. The Bertz CT molecular complexity index is 611. The Kier molecular flexibility index (Phi) is 3.24. The van der Waals surface area contributed by atoms with Crippen molar-refractivity contribution in [3.05, 3.63) is 51.4 Å². The van der Waals surface area contributed by atoms with Crippen LogP contribution in [0.1, 0.15) is 10.5 Å². The zero-order valence-corrected chi connectivity index (χ0v) is 9.64. The average molecular weight is 267 g/mol. The third kappa shape index (κ3) is 2.64. The van der Waals surface area contributed by atoms with Gasteiger partial charge in [-0.3, -0.25) is 14.9 Å². The molecule has 1 amide bonds. The molecule has 0 unspecified atom stereocenters. The van der Waals surface area contributed by atoms with E-state index in [9.17, 15) is 14.9 Å². The minimum absolute atomic E-state index is 0.0727. The zero-order chi connectivity index (χ0) is 13.1. The van der Waals surface area contributed by atoms with E-state index < -0.39 is 10.8 Å². The van der Waals surface area contributed by atoms with Crippen molar-refractivity contribution in [2.75, 3.05) is 5.32 Å². The van der Waals surface area contributed by atoms with E-state index in [1.54, 1.807) is 18.2 Å². The van der Waals surface area contributed by atoms with Gasteiger partial charge >= 0.3 is 0 Å². The second-order valence-electron chi connectivity index (χ2n) is 3.33. The van der Waals surface area contributed by atoms with Crippen molar-refractivity contribution in [2.45, 2.75) is 0 Å². The molecule has 2 N–H and O–H groups in total. The summed E-state index contributed by atoms with van der Waals surface area (Å²) in [6.45, 7) is 0. The van der Waals surface area contributed by atoms with Crippen LogP contribution in [0.25, 0.3) is 0 Å². The van der Waals surface area contributed by atoms with Crippen molar-refractivity contribution >= 4 is 29.0 Å². The SMILES string of the molecule is O=C(Nc1cccc(Cl)n1)c1cc([N+](=O)[O-])c[nH]1. The lowest BCUT2D eigenvalue weighted by Gasteiger charge is -2.02. The summed E-state index contributed by atoms with van der Waals surface area (Å²) in [6.07, 6.45) is 1.14. The number of rotatable bonds is 3. The number of halogens is 1. The van der Waals surface area contributed by atoms with Crippen LogP contribution in [0.15, 0.2) is 30.5 Å². The van der Waals surface area contributed by atoms with Crippen molar-refractivity contribution in [1.29, 1.82) is 0 Å². The van der Waals surface area contributed by atoms with Gasteiger partial charge in [0.1, 0.15) is 16.7 Å². The predicted octanol–water partition coefficient (Wildman–Crippen LogP) is 2.22. The molecule has 0 aliphatic heterocycles. The van der Waals surface area contributed by atoms with E-state index in [2.05, 4.69) is 15.3 Å². The van der Waals surface area contributed by atoms with Gasteiger partial charge in [-0.25, -0.2) is 4.98 Å². The van der Waals surface area contributed by atoms with Crippen LogP contribution in [0, 0.1) is 10.1 Å². The first-order valence-electron chi connectivity index (χ1n) is 4.83. The zero-order valence-electron chi connectivity index (χ0n) is 8.88. The van der Waals surface area contributed by atoms with Crippen molar-refractivity contribution in [1.82, 2.24) is 9.97 Å². The van der Waals surface area contributed by atoms with E-state index in [1.165, 1.54) is 0 Å². The minimum Gasteiger partial charge on any atom is -0.351 e. The van der Waals surface area contributed by atoms with E-state index in [-0.39, 0.29) is 22.4 Å². The summed E-state index contributed by atoms with van der Waals surface area (Å²) in [4.78, 5) is 28.0. The van der Waals surface area contributed by atoms with Crippen molar-refractivity contribution in [3.63, 3.8) is 0 Å². The summed E-state index contributed by atoms with van der Waals surface area (Å²) in [5.41, 5.74) is -0.109. The van der Waals surface area contributed by atoms with Crippen LogP contribution in [-0.4, -0.2) is 20.8 Å². The summed E-state index contributed by atoms with van der Waals surface area (Å²) in [5, 5.41) is 13.2. The first-order valence-corrected chi connectivity index (χ1v) is 5.21. The number of amides is 1. The number of carbonyl (C=O) groups is 1.